The van der Waals surface area contributed by atoms with Crippen LogP contribution in [0.2, 0.25) is 0 Å². The van der Waals surface area contributed by atoms with Crippen molar-refractivity contribution in [3.8, 4) is 0 Å². The highest BCUT2D eigenvalue weighted by Crippen LogP contribution is 2.36. The van der Waals surface area contributed by atoms with Crippen LogP contribution in [0.5, 0.6) is 0 Å². The minimum Gasteiger partial charge on any atom is -0.399 e. The third-order valence-corrected chi connectivity index (χ3v) is 5.90. The molecular weight excluding hydrogens is 323 g/mol. The lowest BCUT2D eigenvalue weighted by Crippen LogP contribution is -2.41. The van der Waals surface area contributed by atoms with Gasteiger partial charge in [0, 0.05) is 0 Å². The molecule has 26 heavy (non-hydrogen) atoms. The molecule has 0 aromatic heterocycles. The molecule has 1 atom stereocenters. The largest absolute Gasteiger partial charge is 0.494 e. The van der Waals surface area contributed by atoms with Crippen LogP contribution < -0.4 is 5.46 Å². The van der Waals surface area contributed by atoms with E-state index in [0.717, 1.165) is 23.0 Å². The van der Waals surface area contributed by atoms with Crippen LogP contribution in [0.3, 0.4) is 0 Å². The van der Waals surface area contributed by atoms with Crippen molar-refractivity contribution in [2.24, 2.45) is 0 Å². The Balaban J connectivity index is 1.85. The van der Waals surface area contributed by atoms with Gasteiger partial charge in [-0.3, -0.25) is 0 Å². The van der Waals surface area contributed by atoms with Gasteiger partial charge in [0.05, 0.1) is 11.2 Å². The van der Waals surface area contributed by atoms with Crippen molar-refractivity contribution in [2.75, 3.05) is 0 Å². The van der Waals surface area contributed by atoms with Crippen LogP contribution in [0, 0.1) is 0 Å². The lowest BCUT2D eigenvalue weighted by Gasteiger charge is -2.32. The lowest BCUT2D eigenvalue weighted by atomic mass is 9.77. The second-order valence-corrected chi connectivity index (χ2v) is 8.34. The van der Waals surface area contributed by atoms with Crippen molar-refractivity contribution in [3.63, 3.8) is 0 Å². The molecule has 1 aliphatic rings. The Bertz CT molecular complexity index is 762. The summed E-state index contributed by atoms with van der Waals surface area (Å²) in [6, 6.07) is 16.0. The van der Waals surface area contributed by atoms with Gasteiger partial charge >= 0.3 is 7.12 Å². The van der Waals surface area contributed by atoms with E-state index in [1.807, 2.05) is 71.0 Å². The Labute approximate surface area is 157 Å². The van der Waals surface area contributed by atoms with Gasteiger partial charge in [0.25, 0.3) is 0 Å². The fourth-order valence-electron chi connectivity index (χ4n) is 3.20. The molecule has 0 amide bonds. The number of hydrogen-bond acceptors (Lipinski definition) is 3. The molecule has 2 aromatic carbocycles. The number of aryl methyl sites for hydroxylation is 1. The molecule has 1 saturated heterocycles. The van der Waals surface area contributed by atoms with E-state index < -0.39 is 5.60 Å². The summed E-state index contributed by atoms with van der Waals surface area (Å²) in [6.45, 7) is 12.2. The predicted octanol–water partition coefficient (Wildman–Crippen LogP) is 3.80. The molecule has 0 bridgehead atoms. The van der Waals surface area contributed by atoms with E-state index in [9.17, 15) is 5.11 Å². The number of hydrogen-bond donors (Lipinski definition) is 1. The maximum absolute atomic E-state index is 11.1. The summed E-state index contributed by atoms with van der Waals surface area (Å²) in [5, 5.41) is 11.1. The highest BCUT2D eigenvalue weighted by molar-refractivity contribution is 6.62. The highest BCUT2D eigenvalue weighted by Gasteiger charge is 2.51. The van der Waals surface area contributed by atoms with E-state index in [0.29, 0.717) is 0 Å². The second-order valence-electron chi connectivity index (χ2n) is 8.34. The zero-order valence-electron chi connectivity index (χ0n) is 16.7. The van der Waals surface area contributed by atoms with Gasteiger partial charge in [-0.1, -0.05) is 55.5 Å². The molecule has 1 aliphatic heterocycles. The van der Waals surface area contributed by atoms with Crippen LogP contribution in [0.1, 0.15) is 58.2 Å². The molecule has 0 radical (unpaired) electrons. The third kappa shape index (κ3) is 3.34. The Morgan fingerprint density at radius 2 is 1.50 bits per heavy atom. The monoisotopic (exact) mass is 352 g/mol. The van der Waals surface area contributed by atoms with Crippen LogP contribution in [0.15, 0.2) is 48.5 Å². The van der Waals surface area contributed by atoms with E-state index in [2.05, 4.69) is 19.1 Å². The van der Waals surface area contributed by atoms with Gasteiger partial charge in [0.15, 0.2) is 0 Å². The lowest BCUT2D eigenvalue weighted by molar-refractivity contribution is 0.00578. The van der Waals surface area contributed by atoms with Gasteiger partial charge in [0.2, 0.25) is 0 Å². The first kappa shape index (κ1) is 19.2. The average Bonchev–Trinajstić information content (AvgIpc) is 2.83. The Morgan fingerprint density at radius 1 is 0.923 bits per heavy atom. The maximum atomic E-state index is 11.1. The van der Waals surface area contributed by atoms with E-state index in [-0.39, 0.29) is 18.3 Å². The van der Waals surface area contributed by atoms with Crippen molar-refractivity contribution in [2.45, 2.75) is 64.8 Å². The van der Waals surface area contributed by atoms with Crippen molar-refractivity contribution in [1.29, 1.82) is 0 Å². The number of rotatable bonds is 4. The highest BCUT2D eigenvalue weighted by atomic mass is 16.7. The fraction of sp³-hybridized carbons (Fsp3) is 0.455. The molecule has 4 heteroatoms. The molecule has 1 N–H and O–H groups in total. The van der Waals surface area contributed by atoms with Crippen molar-refractivity contribution in [3.05, 3.63) is 65.2 Å². The summed E-state index contributed by atoms with van der Waals surface area (Å²) >= 11 is 0. The van der Waals surface area contributed by atoms with Gasteiger partial charge in [-0.2, -0.15) is 0 Å². The zero-order chi connectivity index (χ0) is 19.2. The molecule has 0 spiro atoms. The standard InChI is InChI=1S/C22H29BO3/c1-7-16-9-8-10-18(15-16)22(6,24)17-11-13-19(14-12-17)23-25-20(2,3)21(4,5)26-23/h8-15,24H,7H2,1-6H3. The molecule has 138 valence electrons. The molecule has 3 nitrogen and oxygen atoms in total. The zero-order valence-corrected chi connectivity index (χ0v) is 16.7. The van der Waals surface area contributed by atoms with E-state index in [1.54, 1.807) is 0 Å². The van der Waals surface area contributed by atoms with Gasteiger partial charge < -0.3 is 14.4 Å². The number of benzene rings is 2. The minimum absolute atomic E-state index is 0.359. The van der Waals surface area contributed by atoms with Crippen molar-refractivity contribution in [1.82, 2.24) is 0 Å². The fourth-order valence-corrected chi connectivity index (χ4v) is 3.20. The quantitative estimate of drug-likeness (QED) is 0.851. The summed E-state index contributed by atoms with van der Waals surface area (Å²) in [4.78, 5) is 0. The summed E-state index contributed by atoms with van der Waals surface area (Å²) < 4.78 is 12.2. The molecule has 1 heterocycles. The third-order valence-electron chi connectivity index (χ3n) is 5.90. The molecule has 0 saturated carbocycles. The summed E-state index contributed by atoms with van der Waals surface area (Å²) in [7, 11) is -0.387. The minimum atomic E-state index is -1.04. The van der Waals surface area contributed by atoms with Crippen LogP contribution in [-0.2, 0) is 21.3 Å². The van der Waals surface area contributed by atoms with Gasteiger partial charge in [-0.25, -0.2) is 0 Å². The first-order chi connectivity index (χ1) is 12.1. The van der Waals surface area contributed by atoms with E-state index >= 15 is 0 Å². The summed E-state index contributed by atoms with van der Waals surface area (Å²) in [6.07, 6.45) is 0.949. The SMILES string of the molecule is CCc1cccc(C(C)(O)c2ccc(B3OC(C)(C)C(C)(C)O3)cc2)c1. The first-order valence-electron chi connectivity index (χ1n) is 9.35. The average molecular weight is 352 g/mol. The van der Waals surface area contributed by atoms with Crippen LogP contribution in [-0.4, -0.2) is 23.4 Å². The normalized spacial score (nSPS) is 20.8. The molecule has 0 aliphatic carbocycles. The molecule has 3 rings (SSSR count). The topological polar surface area (TPSA) is 38.7 Å². The second kappa shape index (κ2) is 6.52. The summed E-state index contributed by atoms with van der Waals surface area (Å²) in [5.74, 6) is 0. The van der Waals surface area contributed by atoms with E-state index in [4.69, 9.17) is 9.31 Å². The molecule has 1 unspecified atom stereocenters. The van der Waals surface area contributed by atoms with Gasteiger partial charge in [-0.15, -0.1) is 0 Å². The van der Waals surface area contributed by atoms with E-state index in [1.165, 1.54) is 5.56 Å². The van der Waals surface area contributed by atoms with Crippen LogP contribution in [0.4, 0.5) is 0 Å². The van der Waals surface area contributed by atoms with Gasteiger partial charge in [-0.05, 0) is 63.2 Å². The molecular formula is C22H29BO3. The Kier molecular flexibility index (Phi) is 4.81. The van der Waals surface area contributed by atoms with Gasteiger partial charge in [0.1, 0.15) is 5.60 Å². The Morgan fingerprint density at radius 3 is 2.04 bits per heavy atom. The molecule has 1 fully saturated rings. The maximum Gasteiger partial charge on any atom is 0.494 e. The Hall–Kier alpha value is -1.62. The number of aliphatic hydroxyl groups is 1. The van der Waals surface area contributed by atoms with Crippen molar-refractivity contribution < 1.29 is 14.4 Å². The smallest absolute Gasteiger partial charge is 0.399 e. The molecule has 2 aromatic rings. The van der Waals surface area contributed by atoms with Crippen molar-refractivity contribution >= 4 is 12.6 Å². The first-order valence-corrected chi connectivity index (χ1v) is 9.35. The van der Waals surface area contributed by atoms with Crippen LogP contribution >= 0.6 is 0 Å². The van der Waals surface area contributed by atoms with Crippen LogP contribution in [0.25, 0.3) is 0 Å². The summed E-state index contributed by atoms with van der Waals surface area (Å²) in [5.41, 5.74) is 2.18. The predicted molar refractivity (Wildman–Crippen MR) is 107 cm³/mol.